The van der Waals surface area contributed by atoms with Gasteiger partial charge in [0.15, 0.2) is 0 Å². The second kappa shape index (κ2) is 14.4. The first-order valence-corrected chi connectivity index (χ1v) is 3.80. The number of allylic oxidation sites excluding steroid dienone is 8. The summed E-state index contributed by atoms with van der Waals surface area (Å²) in [5.41, 5.74) is 0. The van der Waals surface area contributed by atoms with E-state index in [1.54, 1.807) is 0 Å². The summed E-state index contributed by atoms with van der Waals surface area (Å²) in [6, 6.07) is 0. The van der Waals surface area contributed by atoms with Gasteiger partial charge in [0.25, 0.3) is 0 Å². The standard InChI is InChI=1S/2C5H5.Fe.HNO2/c2*1-2-4-5-3-1;;2-1-3/h2*1-3H,4H2;;(H,2,3)/q2*-1;+2;/p-1. The molecule has 14 heavy (non-hydrogen) atoms. The smallest absolute Gasteiger partial charge is 0.444 e. The van der Waals surface area contributed by atoms with E-state index in [1.165, 1.54) is 0 Å². The molecule has 76 valence electrons. The fourth-order valence-corrected chi connectivity index (χ4v) is 0.680. The summed E-state index contributed by atoms with van der Waals surface area (Å²) in [6.45, 7) is 0. The van der Waals surface area contributed by atoms with Crippen molar-refractivity contribution in [3.8, 4) is 0 Å². The van der Waals surface area contributed by atoms with Crippen LogP contribution in [0.2, 0.25) is 0 Å². The molecular formula is C10H10FeNO2-. The molecule has 0 saturated carbocycles. The maximum Gasteiger partial charge on any atom is 2.00 e. The monoisotopic (exact) mass is 232 g/mol. The first-order valence-electron chi connectivity index (χ1n) is 3.80. The molecule has 0 N–H and O–H groups in total. The molecule has 0 atom stereocenters. The molecule has 4 heteroatoms. The molecule has 0 radical (unpaired) electrons. The zero-order chi connectivity index (χ0) is 9.78. The van der Waals surface area contributed by atoms with Crippen LogP contribution in [0.4, 0.5) is 0 Å². The van der Waals surface area contributed by atoms with Crippen molar-refractivity contribution < 1.29 is 17.1 Å². The van der Waals surface area contributed by atoms with Crippen LogP contribution in [0.5, 0.6) is 0 Å². The van der Waals surface area contributed by atoms with Gasteiger partial charge in [-0.15, -0.1) is 18.2 Å². The van der Waals surface area contributed by atoms with Crippen LogP contribution in [0.3, 0.4) is 0 Å². The third-order valence-electron chi connectivity index (χ3n) is 1.17. The molecule has 0 saturated heterocycles. The molecule has 2 aliphatic rings. The molecule has 0 aromatic rings. The normalized spacial score (nSPS) is 13.4. The van der Waals surface area contributed by atoms with Gasteiger partial charge in [-0.25, -0.2) is 24.3 Å². The molecule has 0 amide bonds. The second-order valence-corrected chi connectivity index (χ2v) is 2.08. The zero-order valence-electron chi connectivity index (χ0n) is 7.50. The summed E-state index contributed by atoms with van der Waals surface area (Å²) >= 11 is 0. The van der Waals surface area contributed by atoms with Crippen LogP contribution >= 0.6 is 0 Å². The number of hydrogen-bond acceptors (Lipinski definition) is 3. The quantitative estimate of drug-likeness (QED) is 0.279. The van der Waals surface area contributed by atoms with Crippen LogP contribution in [-0.4, -0.2) is 0 Å². The average molecular weight is 232 g/mol. The Bertz CT molecular complexity index is 190. The van der Waals surface area contributed by atoms with Crippen LogP contribution in [-0.2, 0) is 17.1 Å². The summed E-state index contributed by atoms with van der Waals surface area (Å²) in [5.74, 6) is 0. The van der Waals surface area contributed by atoms with E-state index in [-0.39, 0.29) is 17.1 Å². The summed E-state index contributed by atoms with van der Waals surface area (Å²) in [4.78, 5) is 8.00. The molecule has 2 aliphatic carbocycles. The Hall–Kier alpha value is -1.12. The van der Waals surface area contributed by atoms with Crippen molar-refractivity contribution in [1.29, 1.82) is 0 Å². The van der Waals surface area contributed by atoms with Gasteiger partial charge in [-0.3, -0.25) is 12.2 Å². The van der Waals surface area contributed by atoms with Gasteiger partial charge in [-0.1, -0.05) is 0 Å². The fraction of sp³-hybridized carbons (Fsp3) is 0.200. The van der Waals surface area contributed by atoms with Crippen molar-refractivity contribution in [3.63, 3.8) is 0 Å². The van der Waals surface area contributed by atoms with Crippen LogP contribution in [0.25, 0.3) is 0 Å². The average Bonchev–Trinajstić information content (AvgIpc) is 2.85. The molecule has 0 spiro atoms. The molecule has 0 heterocycles. The van der Waals surface area contributed by atoms with Gasteiger partial charge in [0.2, 0.25) is 0 Å². The molecule has 0 bridgehead atoms. The molecule has 0 aromatic heterocycles. The van der Waals surface area contributed by atoms with Crippen molar-refractivity contribution in [2.45, 2.75) is 12.8 Å². The molecule has 0 aliphatic heterocycles. The van der Waals surface area contributed by atoms with E-state index in [1.807, 2.05) is 24.3 Å². The van der Waals surface area contributed by atoms with Crippen LogP contribution in [0, 0.1) is 22.3 Å². The van der Waals surface area contributed by atoms with Crippen molar-refractivity contribution in [1.82, 2.24) is 0 Å². The van der Waals surface area contributed by atoms with Crippen molar-refractivity contribution >= 4 is 0 Å². The van der Waals surface area contributed by atoms with E-state index < -0.39 is 0 Å². The Morgan fingerprint density at radius 1 is 1.07 bits per heavy atom. The van der Waals surface area contributed by atoms with E-state index in [0.29, 0.717) is 0 Å². The third-order valence-corrected chi connectivity index (χ3v) is 1.17. The van der Waals surface area contributed by atoms with Crippen molar-refractivity contribution in [2.75, 3.05) is 0 Å². The Balaban J connectivity index is 0. The van der Waals surface area contributed by atoms with Crippen LogP contribution < -0.4 is 0 Å². The van der Waals surface area contributed by atoms with Gasteiger partial charge in [-0.05, 0) is 0 Å². The summed E-state index contributed by atoms with van der Waals surface area (Å²) in [6.07, 6.45) is 20.0. The van der Waals surface area contributed by atoms with Gasteiger partial charge in [0.05, 0.1) is 0 Å². The topological polar surface area (TPSA) is 52.5 Å². The fourth-order valence-electron chi connectivity index (χ4n) is 0.680. The van der Waals surface area contributed by atoms with Gasteiger partial charge in [-0.2, -0.15) is 12.2 Å². The summed E-state index contributed by atoms with van der Waals surface area (Å²) < 4.78 is 0. The molecule has 2 rings (SSSR count). The predicted molar refractivity (Wildman–Crippen MR) is 52.3 cm³/mol. The number of rotatable bonds is 0. The summed E-state index contributed by atoms with van der Waals surface area (Å²) in [7, 11) is 0. The first kappa shape index (κ1) is 15.4. The zero-order valence-corrected chi connectivity index (χ0v) is 8.60. The van der Waals surface area contributed by atoms with Gasteiger partial charge < -0.3 is 10.1 Å². The largest absolute Gasteiger partial charge is 2.00 e. The third kappa shape index (κ3) is 13.5. The van der Waals surface area contributed by atoms with E-state index in [0.717, 1.165) is 18.2 Å². The Morgan fingerprint density at radius 2 is 1.43 bits per heavy atom. The minimum atomic E-state index is 0. The minimum absolute atomic E-state index is 0. The van der Waals surface area contributed by atoms with E-state index >= 15 is 0 Å². The Morgan fingerprint density at radius 3 is 1.50 bits per heavy atom. The molecular weight excluding hydrogens is 222 g/mol. The Kier molecular flexibility index (Phi) is 15.8. The number of nitrogens with zero attached hydrogens (tertiary/aromatic N) is 1. The molecule has 0 unspecified atom stereocenters. The van der Waals surface area contributed by atoms with Gasteiger partial charge >= 0.3 is 17.1 Å². The maximum atomic E-state index is 8.00. The van der Waals surface area contributed by atoms with Crippen LogP contribution in [0.15, 0.2) is 41.8 Å². The van der Waals surface area contributed by atoms with E-state index in [9.17, 15) is 0 Å². The van der Waals surface area contributed by atoms with Crippen molar-refractivity contribution in [2.24, 2.45) is 5.34 Å². The first-order chi connectivity index (χ1) is 6.41. The molecule has 0 aromatic carbocycles. The molecule has 3 nitrogen and oxygen atoms in total. The van der Waals surface area contributed by atoms with Crippen molar-refractivity contribution in [3.05, 3.63) is 58.7 Å². The van der Waals surface area contributed by atoms with E-state index in [2.05, 4.69) is 24.3 Å². The maximum absolute atomic E-state index is 8.00. The Labute approximate surface area is 94.3 Å². The minimum Gasteiger partial charge on any atom is -0.444 e. The second-order valence-electron chi connectivity index (χ2n) is 2.08. The van der Waals surface area contributed by atoms with Crippen LogP contribution in [0.1, 0.15) is 12.8 Å². The molecule has 0 fully saturated rings. The summed E-state index contributed by atoms with van der Waals surface area (Å²) in [5, 5.41) is 9.00. The van der Waals surface area contributed by atoms with Gasteiger partial charge in [0.1, 0.15) is 0 Å². The number of hydrogen-bond donors (Lipinski definition) is 0. The SMILES string of the molecule is O=N[O-].[C-]1=CC=CC1.[C-]1=CC=CC1.[Fe+2]. The van der Waals surface area contributed by atoms with Gasteiger partial charge in [0, 0.05) is 0 Å². The predicted octanol–water partition coefficient (Wildman–Crippen LogP) is 2.86. The van der Waals surface area contributed by atoms with E-state index in [4.69, 9.17) is 10.1 Å².